The summed E-state index contributed by atoms with van der Waals surface area (Å²) < 4.78 is 35.9. The maximum atomic E-state index is 12.0. The van der Waals surface area contributed by atoms with E-state index in [1.807, 2.05) is 29.6 Å². The fraction of sp³-hybridized carbons (Fsp3) is 0.417. The van der Waals surface area contributed by atoms with Crippen molar-refractivity contribution in [1.29, 1.82) is 0 Å². The molecule has 1 amide bonds. The molecule has 2 rings (SSSR count). The van der Waals surface area contributed by atoms with Gasteiger partial charge >= 0.3 is 6.18 Å². The van der Waals surface area contributed by atoms with Crippen molar-refractivity contribution in [3.05, 3.63) is 35.4 Å². The molecular formula is C12H12F3NO. The molecule has 0 bridgehead atoms. The molecule has 1 N–H and O–H groups in total. The monoisotopic (exact) mass is 243 g/mol. The lowest BCUT2D eigenvalue weighted by Gasteiger charge is -2.12. The summed E-state index contributed by atoms with van der Waals surface area (Å²) in [7, 11) is 0. The van der Waals surface area contributed by atoms with Crippen LogP contribution in [-0.2, 0) is 17.6 Å². The van der Waals surface area contributed by atoms with Gasteiger partial charge < -0.3 is 5.32 Å². The van der Waals surface area contributed by atoms with Crippen molar-refractivity contribution < 1.29 is 18.0 Å². The van der Waals surface area contributed by atoms with E-state index in [2.05, 4.69) is 0 Å². The first-order valence-electron chi connectivity index (χ1n) is 5.37. The van der Waals surface area contributed by atoms with Crippen molar-refractivity contribution in [2.45, 2.75) is 19.0 Å². The Morgan fingerprint density at radius 3 is 2.24 bits per heavy atom. The third-order valence-electron chi connectivity index (χ3n) is 2.88. The van der Waals surface area contributed by atoms with Crippen LogP contribution in [0.1, 0.15) is 11.1 Å². The standard InChI is InChI=1S/C12H12F3NO/c13-12(14,15)7-16-11(17)10-5-8-3-1-2-4-9(8)6-10/h1-4,10H,5-7H2,(H,16,17). The van der Waals surface area contributed by atoms with E-state index in [1.165, 1.54) is 0 Å². The molecule has 0 aliphatic heterocycles. The lowest BCUT2D eigenvalue weighted by atomic mass is 10.1. The van der Waals surface area contributed by atoms with Crippen LogP contribution >= 0.6 is 0 Å². The Morgan fingerprint density at radius 1 is 1.24 bits per heavy atom. The second kappa shape index (κ2) is 4.39. The molecule has 0 radical (unpaired) electrons. The first kappa shape index (κ1) is 12.0. The van der Waals surface area contributed by atoms with E-state index in [9.17, 15) is 18.0 Å². The molecule has 17 heavy (non-hydrogen) atoms. The molecule has 1 aromatic carbocycles. The maximum absolute atomic E-state index is 12.0. The predicted molar refractivity (Wildman–Crippen MR) is 56.4 cm³/mol. The first-order chi connectivity index (χ1) is 7.96. The number of rotatable bonds is 2. The van der Waals surface area contributed by atoms with Crippen LogP contribution in [0, 0.1) is 5.92 Å². The van der Waals surface area contributed by atoms with E-state index < -0.39 is 18.6 Å². The van der Waals surface area contributed by atoms with Crippen LogP contribution in [-0.4, -0.2) is 18.6 Å². The summed E-state index contributed by atoms with van der Waals surface area (Å²) in [5.74, 6) is -0.881. The molecule has 0 spiro atoms. The zero-order valence-corrected chi connectivity index (χ0v) is 9.05. The van der Waals surface area contributed by atoms with Gasteiger partial charge in [-0.1, -0.05) is 24.3 Å². The van der Waals surface area contributed by atoms with E-state index in [0.717, 1.165) is 11.1 Å². The molecule has 0 aromatic heterocycles. The van der Waals surface area contributed by atoms with Gasteiger partial charge in [0.1, 0.15) is 6.54 Å². The summed E-state index contributed by atoms with van der Waals surface area (Å²) in [5, 5.41) is 1.94. The zero-order valence-electron chi connectivity index (χ0n) is 9.05. The summed E-state index contributed by atoms with van der Waals surface area (Å²) in [6.45, 7) is -1.25. The number of hydrogen-bond donors (Lipinski definition) is 1. The van der Waals surface area contributed by atoms with E-state index in [-0.39, 0.29) is 5.92 Å². The minimum Gasteiger partial charge on any atom is -0.347 e. The van der Waals surface area contributed by atoms with Crippen LogP contribution in [0.25, 0.3) is 0 Å². The van der Waals surface area contributed by atoms with Gasteiger partial charge in [0, 0.05) is 5.92 Å². The average Bonchev–Trinajstić information content (AvgIpc) is 2.68. The molecular weight excluding hydrogens is 231 g/mol. The Bertz CT molecular complexity index is 403. The third kappa shape index (κ3) is 2.99. The number of fused-ring (bicyclic) bond motifs is 1. The Hall–Kier alpha value is -1.52. The quantitative estimate of drug-likeness (QED) is 0.846. The number of amides is 1. The molecule has 2 nitrogen and oxygen atoms in total. The molecule has 0 unspecified atom stereocenters. The SMILES string of the molecule is O=C(NCC(F)(F)F)C1Cc2ccccc2C1. The van der Waals surface area contributed by atoms with Gasteiger partial charge in [0.2, 0.25) is 5.91 Å². The molecule has 1 aliphatic carbocycles. The molecule has 5 heteroatoms. The Labute approximate surface area is 96.8 Å². The van der Waals surface area contributed by atoms with Gasteiger partial charge in [0.25, 0.3) is 0 Å². The minimum absolute atomic E-state index is 0.366. The van der Waals surface area contributed by atoms with E-state index in [1.54, 1.807) is 0 Å². The number of alkyl halides is 3. The number of carbonyl (C=O) groups excluding carboxylic acids is 1. The van der Waals surface area contributed by atoms with Gasteiger partial charge in [-0.05, 0) is 24.0 Å². The lowest BCUT2D eigenvalue weighted by Crippen LogP contribution is -2.37. The molecule has 1 aliphatic rings. The smallest absolute Gasteiger partial charge is 0.347 e. The molecule has 0 atom stereocenters. The number of benzene rings is 1. The van der Waals surface area contributed by atoms with Gasteiger partial charge in [-0.25, -0.2) is 0 Å². The third-order valence-corrected chi connectivity index (χ3v) is 2.88. The number of carbonyl (C=O) groups is 1. The first-order valence-corrected chi connectivity index (χ1v) is 5.37. The second-order valence-electron chi connectivity index (χ2n) is 4.21. The average molecular weight is 243 g/mol. The van der Waals surface area contributed by atoms with Gasteiger partial charge in [-0.2, -0.15) is 13.2 Å². The Kier molecular flexibility index (Phi) is 3.09. The molecule has 92 valence electrons. The highest BCUT2D eigenvalue weighted by Crippen LogP contribution is 2.26. The summed E-state index contributed by atoms with van der Waals surface area (Å²) in [4.78, 5) is 11.5. The van der Waals surface area contributed by atoms with Gasteiger partial charge in [-0.15, -0.1) is 0 Å². The summed E-state index contributed by atoms with van der Waals surface area (Å²) in [6, 6.07) is 7.56. The van der Waals surface area contributed by atoms with Gasteiger partial charge in [0.05, 0.1) is 0 Å². The fourth-order valence-corrected chi connectivity index (χ4v) is 2.08. The van der Waals surface area contributed by atoms with Crippen LogP contribution < -0.4 is 5.32 Å². The van der Waals surface area contributed by atoms with Crippen molar-refractivity contribution in [3.63, 3.8) is 0 Å². The summed E-state index contributed by atoms with van der Waals surface area (Å²) >= 11 is 0. The molecule has 0 saturated heterocycles. The van der Waals surface area contributed by atoms with Crippen molar-refractivity contribution in [3.8, 4) is 0 Å². The fourth-order valence-electron chi connectivity index (χ4n) is 2.08. The maximum Gasteiger partial charge on any atom is 0.405 e. The van der Waals surface area contributed by atoms with Crippen molar-refractivity contribution in [2.24, 2.45) is 5.92 Å². The van der Waals surface area contributed by atoms with Gasteiger partial charge in [0.15, 0.2) is 0 Å². The summed E-state index contributed by atoms with van der Waals surface area (Å²) in [6.07, 6.45) is -3.29. The van der Waals surface area contributed by atoms with E-state index >= 15 is 0 Å². The topological polar surface area (TPSA) is 29.1 Å². The van der Waals surface area contributed by atoms with Gasteiger partial charge in [-0.3, -0.25) is 4.79 Å². The van der Waals surface area contributed by atoms with E-state index in [0.29, 0.717) is 12.8 Å². The van der Waals surface area contributed by atoms with Crippen LogP contribution in [0.15, 0.2) is 24.3 Å². The van der Waals surface area contributed by atoms with Crippen molar-refractivity contribution in [1.82, 2.24) is 5.32 Å². The highest BCUT2D eigenvalue weighted by molar-refractivity contribution is 5.80. The summed E-state index contributed by atoms with van der Waals surface area (Å²) in [5.41, 5.74) is 2.11. The molecule has 0 fully saturated rings. The molecule has 0 saturated carbocycles. The minimum atomic E-state index is -4.35. The largest absolute Gasteiger partial charge is 0.405 e. The Balaban J connectivity index is 1.92. The molecule has 1 aromatic rings. The van der Waals surface area contributed by atoms with Crippen LogP contribution in [0.3, 0.4) is 0 Å². The highest BCUT2D eigenvalue weighted by atomic mass is 19.4. The molecule has 0 heterocycles. The van der Waals surface area contributed by atoms with Crippen molar-refractivity contribution >= 4 is 5.91 Å². The zero-order chi connectivity index (χ0) is 12.5. The number of hydrogen-bond acceptors (Lipinski definition) is 1. The van der Waals surface area contributed by atoms with Crippen LogP contribution in [0.4, 0.5) is 13.2 Å². The van der Waals surface area contributed by atoms with E-state index in [4.69, 9.17) is 0 Å². The van der Waals surface area contributed by atoms with Crippen LogP contribution in [0.5, 0.6) is 0 Å². The lowest BCUT2D eigenvalue weighted by molar-refractivity contribution is -0.140. The predicted octanol–water partition coefficient (Wildman–Crippen LogP) is 2.08. The van der Waals surface area contributed by atoms with Crippen LogP contribution in [0.2, 0.25) is 0 Å². The second-order valence-corrected chi connectivity index (χ2v) is 4.21. The normalized spacial score (nSPS) is 15.7. The number of nitrogens with one attached hydrogen (secondary N) is 1. The van der Waals surface area contributed by atoms with Crippen molar-refractivity contribution in [2.75, 3.05) is 6.54 Å². The number of halogens is 3. The Morgan fingerprint density at radius 2 is 1.76 bits per heavy atom. The highest BCUT2D eigenvalue weighted by Gasteiger charge is 2.31.